The van der Waals surface area contributed by atoms with Gasteiger partial charge in [0.1, 0.15) is 10.6 Å². The van der Waals surface area contributed by atoms with Crippen LogP contribution in [-0.4, -0.2) is 31.8 Å². The van der Waals surface area contributed by atoms with Gasteiger partial charge in [0.15, 0.2) is 5.69 Å². The third kappa shape index (κ3) is 3.91. The summed E-state index contributed by atoms with van der Waals surface area (Å²) in [5, 5.41) is 5.28. The minimum Gasteiger partial charge on any atom is -0.383 e. The zero-order valence-electron chi connectivity index (χ0n) is 18.0. The Hall–Kier alpha value is -2.88. The summed E-state index contributed by atoms with van der Waals surface area (Å²) in [6, 6.07) is 1.80. The molecule has 3 heterocycles. The normalized spacial score (nSPS) is 11.5. The van der Waals surface area contributed by atoms with E-state index in [0.29, 0.717) is 18.0 Å². The van der Waals surface area contributed by atoms with Crippen molar-refractivity contribution in [1.82, 2.24) is 19.3 Å². The summed E-state index contributed by atoms with van der Waals surface area (Å²) in [6.07, 6.45) is 1.60. The molecule has 30 heavy (non-hydrogen) atoms. The lowest BCUT2D eigenvalue weighted by Crippen LogP contribution is -2.42. The number of H-pyrrole nitrogens is 1. The lowest BCUT2D eigenvalue weighted by atomic mass is 10.2. The molecule has 0 unspecified atom stereocenters. The lowest BCUT2D eigenvalue weighted by molar-refractivity contribution is 0.0987. The molecule has 3 aromatic rings. The predicted octanol–water partition coefficient (Wildman–Crippen LogP) is 2.48. The Morgan fingerprint density at radius 1 is 1.37 bits per heavy atom. The third-order valence-corrected chi connectivity index (χ3v) is 6.11. The molecule has 3 N–H and O–H groups in total. The molecule has 0 radical (unpaired) electrons. The van der Waals surface area contributed by atoms with Crippen LogP contribution < -0.4 is 21.9 Å². The molecule has 0 aliphatic heterocycles. The summed E-state index contributed by atoms with van der Waals surface area (Å²) in [5.74, 6) is -0.214. The van der Waals surface area contributed by atoms with Gasteiger partial charge in [0, 0.05) is 25.5 Å². The number of nitrogens with zero attached hydrogens (tertiary/aromatic N) is 4. The minimum atomic E-state index is -0.654. The highest BCUT2D eigenvalue weighted by molar-refractivity contribution is 7.20. The number of carbonyl (C=O) groups excluding carboxylic acids is 1. The van der Waals surface area contributed by atoms with E-state index in [-0.39, 0.29) is 23.3 Å². The van der Waals surface area contributed by atoms with E-state index in [4.69, 9.17) is 5.73 Å². The fourth-order valence-corrected chi connectivity index (χ4v) is 4.53. The van der Waals surface area contributed by atoms with Crippen LogP contribution in [0, 0.1) is 12.8 Å². The number of unbranched alkanes of at least 4 members (excludes halogenated alkanes) is 1. The largest absolute Gasteiger partial charge is 0.383 e. The van der Waals surface area contributed by atoms with Gasteiger partial charge in [-0.25, -0.2) is 4.79 Å². The number of rotatable bonds is 7. The number of hydrogen-bond acceptors (Lipinski definition) is 6. The molecule has 0 saturated carbocycles. The van der Waals surface area contributed by atoms with Crippen LogP contribution in [0.2, 0.25) is 0 Å². The van der Waals surface area contributed by atoms with Crippen molar-refractivity contribution in [3.05, 3.63) is 37.5 Å². The first-order chi connectivity index (χ1) is 14.1. The fraction of sp³-hybridized carbons (Fsp3) is 0.500. The molecule has 10 heteroatoms. The number of nitrogens with one attached hydrogen (secondary N) is 1. The van der Waals surface area contributed by atoms with Gasteiger partial charge in [0.05, 0.1) is 10.6 Å². The Bertz CT molecular complexity index is 1170. The molecule has 3 aromatic heterocycles. The summed E-state index contributed by atoms with van der Waals surface area (Å²) in [4.78, 5) is 43.6. The predicted molar refractivity (Wildman–Crippen MR) is 120 cm³/mol. The molecular weight excluding hydrogens is 404 g/mol. The van der Waals surface area contributed by atoms with Crippen LogP contribution in [-0.2, 0) is 13.6 Å². The Morgan fingerprint density at radius 3 is 2.67 bits per heavy atom. The maximum Gasteiger partial charge on any atom is 0.330 e. The van der Waals surface area contributed by atoms with Gasteiger partial charge >= 0.3 is 5.69 Å². The molecule has 0 aromatic carbocycles. The molecule has 162 valence electrons. The first-order valence-corrected chi connectivity index (χ1v) is 10.8. The van der Waals surface area contributed by atoms with E-state index in [2.05, 4.69) is 10.1 Å². The molecule has 0 atom stereocenters. The van der Waals surface area contributed by atoms with Gasteiger partial charge in [-0.2, -0.15) is 5.10 Å². The van der Waals surface area contributed by atoms with Crippen LogP contribution in [0.4, 0.5) is 11.5 Å². The number of aromatic nitrogens is 4. The van der Waals surface area contributed by atoms with Crippen molar-refractivity contribution in [2.45, 2.75) is 47.1 Å². The molecule has 9 nitrogen and oxygen atoms in total. The number of carbonyl (C=O) groups is 1. The first-order valence-electron chi connectivity index (χ1n) is 10.0. The number of amides is 1. The average Bonchev–Trinajstić information content (AvgIpc) is 3.21. The van der Waals surface area contributed by atoms with E-state index in [1.807, 2.05) is 34.7 Å². The lowest BCUT2D eigenvalue weighted by Gasteiger charge is -2.25. The van der Waals surface area contributed by atoms with E-state index in [1.54, 1.807) is 10.7 Å². The van der Waals surface area contributed by atoms with Crippen molar-refractivity contribution in [2.75, 3.05) is 17.2 Å². The van der Waals surface area contributed by atoms with E-state index in [0.717, 1.165) is 28.8 Å². The van der Waals surface area contributed by atoms with Gasteiger partial charge in [0.2, 0.25) is 0 Å². The van der Waals surface area contributed by atoms with Crippen LogP contribution in [0.25, 0.3) is 10.2 Å². The number of aromatic amines is 1. The van der Waals surface area contributed by atoms with Gasteiger partial charge in [-0.3, -0.25) is 28.7 Å². The summed E-state index contributed by atoms with van der Waals surface area (Å²) < 4.78 is 3.07. The van der Waals surface area contributed by atoms with Crippen LogP contribution in [0.1, 0.15) is 49.0 Å². The van der Waals surface area contributed by atoms with Crippen molar-refractivity contribution in [2.24, 2.45) is 13.0 Å². The van der Waals surface area contributed by atoms with Crippen LogP contribution in [0.5, 0.6) is 0 Å². The standard InChI is InChI=1S/C20H28N6O3S/c1-6-7-8-25-16(21)15(17(27)22-20(25)29)26(10-11(2)3)18(28)14-9-13-12(4)23-24(5)19(13)30-14/h9,11H,6-8,10,21H2,1-5H3,(H,22,27,29). The zero-order valence-corrected chi connectivity index (χ0v) is 18.8. The van der Waals surface area contributed by atoms with E-state index >= 15 is 0 Å². The fourth-order valence-electron chi connectivity index (χ4n) is 3.46. The molecule has 0 aliphatic rings. The highest BCUT2D eigenvalue weighted by Gasteiger charge is 2.28. The van der Waals surface area contributed by atoms with Crippen molar-refractivity contribution >= 4 is 39.0 Å². The second-order valence-electron chi connectivity index (χ2n) is 7.85. The molecule has 0 bridgehead atoms. The highest BCUT2D eigenvalue weighted by Crippen LogP contribution is 2.30. The van der Waals surface area contributed by atoms with Crippen molar-refractivity contribution in [3.63, 3.8) is 0 Å². The smallest absolute Gasteiger partial charge is 0.330 e. The topological polar surface area (TPSA) is 119 Å². The summed E-state index contributed by atoms with van der Waals surface area (Å²) >= 11 is 1.32. The Morgan fingerprint density at radius 2 is 2.07 bits per heavy atom. The molecule has 0 spiro atoms. The summed E-state index contributed by atoms with van der Waals surface area (Å²) in [7, 11) is 1.83. The Kier molecular flexibility index (Phi) is 6.16. The monoisotopic (exact) mass is 432 g/mol. The van der Waals surface area contributed by atoms with Crippen LogP contribution >= 0.6 is 11.3 Å². The first kappa shape index (κ1) is 21.8. The van der Waals surface area contributed by atoms with Gasteiger partial charge in [-0.15, -0.1) is 11.3 Å². The number of hydrogen-bond donors (Lipinski definition) is 2. The number of aryl methyl sites for hydroxylation is 2. The van der Waals surface area contributed by atoms with E-state index in [9.17, 15) is 14.4 Å². The molecule has 0 saturated heterocycles. The quantitative estimate of drug-likeness (QED) is 0.594. The van der Waals surface area contributed by atoms with Gasteiger partial charge in [-0.05, 0) is 25.3 Å². The molecule has 0 fully saturated rings. The van der Waals surface area contributed by atoms with Crippen molar-refractivity contribution < 1.29 is 4.79 Å². The maximum atomic E-state index is 13.5. The molecular formula is C20H28N6O3S. The van der Waals surface area contributed by atoms with Gasteiger partial charge in [-0.1, -0.05) is 27.2 Å². The van der Waals surface area contributed by atoms with Crippen molar-refractivity contribution in [3.8, 4) is 0 Å². The molecule has 3 rings (SSSR count). The zero-order chi connectivity index (χ0) is 22.2. The number of thiophene rings is 1. The van der Waals surface area contributed by atoms with E-state index in [1.165, 1.54) is 20.8 Å². The Labute approximate surface area is 178 Å². The second kappa shape index (κ2) is 8.47. The third-order valence-electron chi connectivity index (χ3n) is 4.92. The number of anilines is 2. The minimum absolute atomic E-state index is 0.0187. The van der Waals surface area contributed by atoms with Crippen LogP contribution in [0.15, 0.2) is 15.7 Å². The number of nitrogen functional groups attached to an aromatic ring is 1. The summed E-state index contributed by atoms with van der Waals surface area (Å²) in [5.41, 5.74) is 5.91. The maximum absolute atomic E-state index is 13.5. The van der Waals surface area contributed by atoms with Gasteiger partial charge < -0.3 is 5.73 Å². The molecule has 1 amide bonds. The summed E-state index contributed by atoms with van der Waals surface area (Å²) in [6.45, 7) is 8.47. The Balaban J connectivity index is 2.14. The van der Waals surface area contributed by atoms with Crippen LogP contribution in [0.3, 0.4) is 0 Å². The average molecular weight is 433 g/mol. The van der Waals surface area contributed by atoms with E-state index < -0.39 is 11.2 Å². The second-order valence-corrected chi connectivity index (χ2v) is 8.88. The SMILES string of the molecule is CCCCn1c(N)c(N(CC(C)C)C(=O)c2cc3c(C)nn(C)c3s2)c(=O)[nH]c1=O. The molecule has 0 aliphatic carbocycles. The van der Waals surface area contributed by atoms with Gasteiger partial charge in [0.25, 0.3) is 11.5 Å². The number of fused-ring (bicyclic) bond motifs is 1. The highest BCUT2D eigenvalue weighted by atomic mass is 32.1. The van der Waals surface area contributed by atoms with Crippen molar-refractivity contribution in [1.29, 1.82) is 0 Å². The number of nitrogens with two attached hydrogens (primary N) is 1.